The fourth-order valence-electron chi connectivity index (χ4n) is 5.88. The third kappa shape index (κ3) is 6.75. The molecule has 4 nitrogen and oxygen atoms in total. The first kappa shape index (κ1) is 32.7. The van der Waals surface area contributed by atoms with E-state index in [0.29, 0.717) is 0 Å². The van der Waals surface area contributed by atoms with E-state index in [1.165, 1.54) is 11.1 Å². The van der Waals surface area contributed by atoms with Crippen LogP contribution in [-0.2, 0) is 20.1 Å². The SMILES string of the molecule is Cc1cc(-c2[c-]nc(C(C)c3ccccc3)c3c2oc2ccccc23)ncc1-c1ccccc1.Cc1ccc(-c2[c-]cccc2)nc1.[Ir]. The molecule has 0 saturated heterocycles. The van der Waals surface area contributed by atoms with Gasteiger partial charge in [-0.3, -0.25) is 0 Å². The number of rotatable bonds is 5. The van der Waals surface area contributed by atoms with Crippen molar-refractivity contribution in [3.05, 3.63) is 174 Å². The van der Waals surface area contributed by atoms with E-state index in [4.69, 9.17) is 14.4 Å². The Morgan fingerprint density at radius 2 is 1.42 bits per heavy atom. The molecule has 1 unspecified atom stereocenters. The van der Waals surface area contributed by atoms with Crippen LogP contribution in [0.2, 0.25) is 0 Å². The van der Waals surface area contributed by atoms with Crippen molar-refractivity contribution in [2.45, 2.75) is 26.7 Å². The zero-order valence-electron chi connectivity index (χ0n) is 26.9. The third-order valence-electron chi connectivity index (χ3n) is 8.42. The molecule has 4 aromatic heterocycles. The van der Waals surface area contributed by atoms with Gasteiger partial charge in [-0.15, -0.1) is 35.9 Å². The van der Waals surface area contributed by atoms with Crippen LogP contribution in [0.4, 0.5) is 0 Å². The summed E-state index contributed by atoms with van der Waals surface area (Å²) in [7, 11) is 0. The minimum Gasteiger partial charge on any atom is -0.500 e. The number of fused-ring (bicyclic) bond motifs is 3. The molecule has 0 fully saturated rings. The Morgan fingerprint density at radius 1 is 0.708 bits per heavy atom. The maximum Gasteiger partial charge on any atom is 0.121 e. The Kier molecular flexibility index (Phi) is 10.0. The fourth-order valence-corrected chi connectivity index (χ4v) is 5.88. The van der Waals surface area contributed by atoms with E-state index >= 15 is 0 Å². The predicted octanol–water partition coefficient (Wildman–Crippen LogP) is 10.8. The molecule has 4 aromatic carbocycles. The van der Waals surface area contributed by atoms with Gasteiger partial charge in [0.05, 0.1) is 5.58 Å². The predicted molar refractivity (Wildman–Crippen MR) is 191 cm³/mol. The number of para-hydroxylation sites is 1. The molecule has 8 aromatic rings. The largest absolute Gasteiger partial charge is 0.500 e. The summed E-state index contributed by atoms with van der Waals surface area (Å²) in [4.78, 5) is 14.0. The van der Waals surface area contributed by atoms with Crippen molar-refractivity contribution in [1.29, 1.82) is 0 Å². The van der Waals surface area contributed by atoms with Gasteiger partial charge in [-0.25, -0.2) is 0 Å². The second-order valence-corrected chi connectivity index (χ2v) is 11.7. The van der Waals surface area contributed by atoms with Crippen molar-refractivity contribution in [3.63, 3.8) is 0 Å². The molecule has 0 aliphatic rings. The first-order valence-electron chi connectivity index (χ1n) is 15.8. The van der Waals surface area contributed by atoms with Crippen molar-refractivity contribution in [1.82, 2.24) is 15.0 Å². The summed E-state index contributed by atoms with van der Waals surface area (Å²) in [5, 5.41) is 2.10. The van der Waals surface area contributed by atoms with Crippen LogP contribution in [0.25, 0.3) is 55.6 Å². The Labute approximate surface area is 294 Å². The summed E-state index contributed by atoms with van der Waals surface area (Å²) < 4.78 is 6.41. The van der Waals surface area contributed by atoms with E-state index < -0.39 is 0 Å². The molecule has 0 spiro atoms. The molecule has 5 heteroatoms. The molecule has 8 rings (SSSR count). The Hall–Kier alpha value is -5.22. The molecule has 48 heavy (non-hydrogen) atoms. The monoisotopic (exact) mass is 800 g/mol. The summed E-state index contributed by atoms with van der Waals surface area (Å²) in [5.41, 5.74) is 12.0. The number of aryl methyl sites for hydroxylation is 2. The zero-order chi connectivity index (χ0) is 32.2. The first-order chi connectivity index (χ1) is 23.1. The van der Waals surface area contributed by atoms with E-state index in [2.05, 4.69) is 85.7 Å². The van der Waals surface area contributed by atoms with Crippen molar-refractivity contribution in [2.75, 3.05) is 0 Å². The van der Waals surface area contributed by atoms with Crippen LogP contribution in [0, 0.1) is 26.1 Å². The van der Waals surface area contributed by atoms with E-state index in [9.17, 15) is 0 Å². The fraction of sp³-hybridized carbons (Fsp3) is 0.0930. The molecule has 1 radical (unpaired) electrons. The maximum absolute atomic E-state index is 6.41. The number of hydrogen-bond donors (Lipinski definition) is 0. The van der Waals surface area contributed by atoms with Gasteiger partial charge in [0.2, 0.25) is 0 Å². The second kappa shape index (κ2) is 14.7. The van der Waals surface area contributed by atoms with Crippen LogP contribution in [0.15, 0.2) is 144 Å². The van der Waals surface area contributed by atoms with Gasteiger partial charge < -0.3 is 19.4 Å². The molecular formula is C43H33IrN3O-2. The van der Waals surface area contributed by atoms with E-state index in [0.717, 1.165) is 66.8 Å². The number of nitrogens with zero attached hydrogens (tertiary/aromatic N) is 3. The summed E-state index contributed by atoms with van der Waals surface area (Å²) in [6.07, 6.45) is 7.09. The summed E-state index contributed by atoms with van der Waals surface area (Å²) >= 11 is 0. The molecular weight excluding hydrogens is 767 g/mol. The average molecular weight is 800 g/mol. The van der Waals surface area contributed by atoms with Gasteiger partial charge in [0, 0.05) is 43.4 Å². The van der Waals surface area contributed by atoms with Gasteiger partial charge in [-0.2, -0.15) is 0 Å². The minimum absolute atomic E-state index is 0. The second-order valence-electron chi connectivity index (χ2n) is 11.7. The van der Waals surface area contributed by atoms with Gasteiger partial charge in [0.15, 0.2) is 0 Å². The normalized spacial score (nSPS) is 11.4. The molecule has 0 bridgehead atoms. The number of furan rings is 1. The van der Waals surface area contributed by atoms with Crippen LogP contribution in [-0.4, -0.2) is 15.0 Å². The van der Waals surface area contributed by atoms with E-state index in [1.54, 1.807) is 0 Å². The van der Waals surface area contributed by atoms with Gasteiger partial charge in [-0.05, 0) is 76.8 Å². The Bertz CT molecular complexity index is 2270. The quantitative estimate of drug-likeness (QED) is 0.163. The molecule has 4 heterocycles. The molecule has 237 valence electrons. The summed E-state index contributed by atoms with van der Waals surface area (Å²) in [5.74, 6) is 0.102. The first-order valence-corrected chi connectivity index (χ1v) is 15.8. The number of hydrogen-bond acceptors (Lipinski definition) is 4. The van der Waals surface area contributed by atoms with Crippen LogP contribution in [0.1, 0.15) is 35.2 Å². The van der Waals surface area contributed by atoms with Gasteiger partial charge in [0.25, 0.3) is 0 Å². The summed E-state index contributed by atoms with van der Waals surface area (Å²) in [6, 6.07) is 46.1. The molecule has 0 N–H and O–H groups in total. The van der Waals surface area contributed by atoms with Crippen molar-refractivity contribution < 1.29 is 24.5 Å². The zero-order valence-corrected chi connectivity index (χ0v) is 29.3. The standard InChI is InChI=1S/C31H23N2O.C12H10N.Ir/c1-20-17-27(32-18-25(20)23-13-7-4-8-14-23)26-19-33-30(21(2)22-11-5-3-6-12-22)29-24-15-9-10-16-28(24)34-31(26)29;1-10-7-8-12(13-9-10)11-5-3-2-4-6-11;/h3-18,21H,1-2H3;2-5,7-9H,1H3;/q2*-1;. The molecule has 0 aliphatic carbocycles. The van der Waals surface area contributed by atoms with Crippen molar-refractivity contribution in [3.8, 4) is 33.6 Å². The van der Waals surface area contributed by atoms with Gasteiger partial charge in [0.1, 0.15) is 5.58 Å². The van der Waals surface area contributed by atoms with Gasteiger partial charge in [-0.1, -0.05) is 110 Å². The van der Waals surface area contributed by atoms with Crippen molar-refractivity contribution >= 4 is 21.9 Å². The van der Waals surface area contributed by atoms with Crippen LogP contribution in [0.3, 0.4) is 0 Å². The average Bonchev–Trinajstić information content (AvgIpc) is 3.52. The molecule has 0 amide bonds. The molecule has 1 atom stereocenters. The Morgan fingerprint density at radius 3 is 2.12 bits per heavy atom. The molecule has 0 aliphatic heterocycles. The summed E-state index contributed by atoms with van der Waals surface area (Å²) in [6.45, 7) is 6.33. The number of pyridine rings is 3. The van der Waals surface area contributed by atoms with Crippen LogP contribution >= 0.6 is 0 Å². The van der Waals surface area contributed by atoms with Crippen molar-refractivity contribution in [2.24, 2.45) is 0 Å². The van der Waals surface area contributed by atoms with Crippen LogP contribution in [0.5, 0.6) is 0 Å². The topological polar surface area (TPSA) is 51.8 Å². The number of aromatic nitrogens is 3. The Balaban J connectivity index is 0.000000241. The van der Waals surface area contributed by atoms with Crippen LogP contribution < -0.4 is 0 Å². The smallest absolute Gasteiger partial charge is 0.121 e. The minimum atomic E-state index is 0. The third-order valence-corrected chi connectivity index (χ3v) is 8.42. The number of benzene rings is 4. The van der Waals surface area contributed by atoms with E-state index in [1.807, 2.05) is 92.1 Å². The van der Waals surface area contributed by atoms with E-state index in [-0.39, 0.29) is 26.0 Å². The maximum atomic E-state index is 6.41. The molecule has 0 saturated carbocycles. The van der Waals surface area contributed by atoms with Gasteiger partial charge >= 0.3 is 0 Å².